The Morgan fingerprint density at radius 3 is 2.28 bits per heavy atom. The van der Waals surface area contributed by atoms with Crippen LogP contribution in [0.5, 0.6) is 0 Å². The highest BCUT2D eigenvalue weighted by Gasteiger charge is 2.26. The van der Waals surface area contributed by atoms with Gasteiger partial charge in [-0.05, 0) is 66.6 Å². The lowest BCUT2D eigenvalue weighted by Gasteiger charge is -2.23. The number of aliphatic hydroxyl groups is 1. The molecule has 1 aromatic heterocycles. The number of rotatable bonds is 7. The van der Waals surface area contributed by atoms with Gasteiger partial charge in [-0.15, -0.1) is 0 Å². The number of aliphatic hydroxyl groups excluding tert-OH is 1. The molecule has 0 saturated heterocycles. The average molecular weight is 457 g/mol. The minimum atomic E-state index is -3.85. The number of H-pyrrole nitrogens is 1. The fourth-order valence-electron chi connectivity index (χ4n) is 3.83. The van der Waals surface area contributed by atoms with E-state index in [1.807, 2.05) is 38.1 Å². The number of nitrogens with zero attached hydrogens (tertiary/aromatic N) is 1. The van der Waals surface area contributed by atoms with Gasteiger partial charge < -0.3 is 10.1 Å². The van der Waals surface area contributed by atoms with Crippen LogP contribution in [-0.2, 0) is 22.0 Å². The smallest absolute Gasteiger partial charge is 0.252 e. The van der Waals surface area contributed by atoms with Crippen LogP contribution < -0.4 is 5.56 Å². The molecule has 0 unspecified atom stereocenters. The van der Waals surface area contributed by atoms with E-state index in [-0.39, 0.29) is 42.0 Å². The molecule has 0 fully saturated rings. The van der Waals surface area contributed by atoms with E-state index in [4.69, 9.17) is 0 Å². The molecule has 2 N–H and O–H groups in total. The number of sulfonamides is 1. The number of nitrogens with one attached hydrogen (secondary N) is 1. The summed E-state index contributed by atoms with van der Waals surface area (Å²) in [6.45, 7) is 10.0. The number of fused-ring (bicyclic) bond motifs is 1. The molecule has 0 aliphatic rings. The SMILES string of the molecule is Cc1cc(C)c2cc(CN(CCCO)S(=O)(=O)c3ccc(C(C)(C)C)cc3)c(=O)[nH]c2c1. The summed E-state index contributed by atoms with van der Waals surface area (Å²) in [6, 6.07) is 12.6. The van der Waals surface area contributed by atoms with Crippen LogP contribution in [0.3, 0.4) is 0 Å². The van der Waals surface area contributed by atoms with Gasteiger partial charge >= 0.3 is 0 Å². The van der Waals surface area contributed by atoms with Gasteiger partial charge in [-0.25, -0.2) is 8.42 Å². The summed E-state index contributed by atoms with van der Waals surface area (Å²) in [5, 5.41) is 10.2. The quantitative estimate of drug-likeness (QED) is 0.562. The Balaban J connectivity index is 2.01. The van der Waals surface area contributed by atoms with Crippen LogP contribution in [-0.4, -0.2) is 36.0 Å². The second-order valence-electron chi connectivity index (χ2n) is 9.36. The monoisotopic (exact) mass is 456 g/mol. The van der Waals surface area contributed by atoms with Crippen molar-refractivity contribution in [3.63, 3.8) is 0 Å². The minimum Gasteiger partial charge on any atom is -0.396 e. The molecule has 7 heteroatoms. The van der Waals surface area contributed by atoms with E-state index in [0.29, 0.717) is 5.56 Å². The molecule has 2 aromatic carbocycles. The van der Waals surface area contributed by atoms with Crippen molar-refractivity contribution < 1.29 is 13.5 Å². The third-order valence-corrected chi connectivity index (χ3v) is 7.52. The topological polar surface area (TPSA) is 90.5 Å². The molecule has 32 heavy (non-hydrogen) atoms. The van der Waals surface area contributed by atoms with Gasteiger partial charge in [0.05, 0.1) is 4.90 Å². The highest BCUT2D eigenvalue weighted by atomic mass is 32.2. The Labute approximate surface area is 190 Å². The van der Waals surface area contributed by atoms with Crippen molar-refractivity contribution in [3.8, 4) is 0 Å². The van der Waals surface area contributed by atoms with Crippen molar-refractivity contribution in [2.75, 3.05) is 13.2 Å². The molecule has 1 heterocycles. The molecule has 0 aliphatic heterocycles. The van der Waals surface area contributed by atoms with Crippen LogP contribution in [0.1, 0.15) is 49.4 Å². The molecular formula is C25H32N2O4S. The Bertz CT molecular complexity index is 1270. The summed E-state index contributed by atoms with van der Waals surface area (Å²) in [5.41, 5.74) is 3.80. The van der Waals surface area contributed by atoms with E-state index in [1.54, 1.807) is 18.2 Å². The molecule has 0 amide bonds. The number of benzene rings is 2. The van der Waals surface area contributed by atoms with Gasteiger partial charge in [-0.1, -0.05) is 39.0 Å². The largest absolute Gasteiger partial charge is 0.396 e. The number of aromatic amines is 1. The Morgan fingerprint density at radius 2 is 1.69 bits per heavy atom. The molecule has 0 atom stereocenters. The van der Waals surface area contributed by atoms with E-state index in [1.165, 1.54) is 4.31 Å². The Hall–Kier alpha value is -2.48. The number of pyridine rings is 1. The molecule has 172 valence electrons. The van der Waals surface area contributed by atoms with Gasteiger partial charge in [-0.3, -0.25) is 4.79 Å². The lowest BCUT2D eigenvalue weighted by molar-refractivity contribution is 0.267. The van der Waals surface area contributed by atoms with Gasteiger partial charge in [0.1, 0.15) is 0 Å². The minimum absolute atomic E-state index is 0.0675. The van der Waals surface area contributed by atoms with E-state index in [9.17, 15) is 18.3 Å². The molecule has 0 saturated carbocycles. The van der Waals surface area contributed by atoms with Gasteiger partial charge in [0.15, 0.2) is 0 Å². The number of aryl methyl sites for hydroxylation is 2. The Kier molecular flexibility index (Phi) is 6.93. The predicted octanol–water partition coefficient (Wildman–Crippen LogP) is 4.02. The first kappa shape index (κ1) is 24.2. The van der Waals surface area contributed by atoms with Gasteiger partial charge in [0.25, 0.3) is 5.56 Å². The number of hydrogen-bond donors (Lipinski definition) is 2. The maximum absolute atomic E-state index is 13.4. The summed E-state index contributed by atoms with van der Waals surface area (Å²) < 4.78 is 28.1. The van der Waals surface area contributed by atoms with Crippen LogP contribution >= 0.6 is 0 Å². The van der Waals surface area contributed by atoms with E-state index < -0.39 is 10.0 Å². The molecule has 0 bridgehead atoms. The third-order valence-electron chi connectivity index (χ3n) is 5.66. The van der Waals surface area contributed by atoms with Crippen LogP contribution in [0.4, 0.5) is 0 Å². The van der Waals surface area contributed by atoms with Gasteiger partial charge in [0.2, 0.25) is 10.0 Å². The molecule has 3 aromatic rings. The van der Waals surface area contributed by atoms with Gasteiger partial charge in [-0.2, -0.15) is 4.31 Å². The van der Waals surface area contributed by atoms with Crippen molar-refractivity contribution in [1.82, 2.24) is 9.29 Å². The van der Waals surface area contributed by atoms with Crippen molar-refractivity contribution in [2.45, 2.75) is 57.9 Å². The molecule has 6 nitrogen and oxygen atoms in total. The zero-order valence-electron chi connectivity index (χ0n) is 19.4. The second kappa shape index (κ2) is 9.17. The standard InChI is InChI=1S/C25H32N2O4S/c1-17-13-18(2)22-15-19(24(29)26-23(22)14-17)16-27(11-6-12-28)32(30,31)21-9-7-20(8-10-21)25(3,4)5/h7-10,13-15,28H,6,11-12,16H2,1-5H3,(H,26,29). The molecular weight excluding hydrogens is 424 g/mol. The van der Waals surface area contributed by atoms with E-state index in [0.717, 1.165) is 27.6 Å². The summed E-state index contributed by atoms with van der Waals surface area (Å²) >= 11 is 0. The summed E-state index contributed by atoms with van der Waals surface area (Å²) in [4.78, 5) is 15.8. The summed E-state index contributed by atoms with van der Waals surface area (Å²) in [5.74, 6) is 0. The van der Waals surface area contributed by atoms with Crippen molar-refractivity contribution in [3.05, 3.63) is 75.1 Å². The summed E-state index contributed by atoms with van der Waals surface area (Å²) in [6.07, 6.45) is 0.281. The molecule has 0 radical (unpaired) electrons. The van der Waals surface area contributed by atoms with Crippen molar-refractivity contribution >= 4 is 20.9 Å². The van der Waals surface area contributed by atoms with E-state index in [2.05, 4.69) is 25.8 Å². The Morgan fingerprint density at radius 1 is 1.03 bits per heavy atom. The molecule has 0 aliphatic carbocycles. The number of aromatic nitrogens is 1. The zero-order valence-corrected chi connectivity index (χ0v) is 20.2. The maximum Gasteiger partial charge on any atom is 0.252 e. The predicted molar refractivity (Wildman–Crippen MR) is 128 cm³/mol. The maximum atomic E-state index is 13.4. The zero-order chi connectivity index (χ0) is 23.7. The first-order valence-corrected chi connectivity index (χ1v) is 12.2. The van der Waals surface area contributed by atoms with Crippen LogP contribution in [0, 0.1) is 13.8 Å². The van der Waals surface area contributed by atoms with Gasteiger partial charge in [0, 0.05) is 36.2 Å². The lowest BCUT2D eigenvalue weighted by atomic mass is 9.87. The fraction of sp³-hybridized carbons (Fsp3) is 0.400. The summed E-state index contributed by atoms with van der Waals surface area (Å²) in [7, 11) is -3.85. The van der Waals surface area contributed by atoms with E-state index >= 15 is 0 Å². The first-order valence-electron chi connectivity index (χ1n) is 10.8. The fourth-order valence-corrected chi connectivity index (χ4v) is 5.29. The third kappa shape index (κ3) is 5.11. The number of hydrogen-bond acceptors (Lipinski definition) is 4. The van der Waals surface area contributed by atoms with Crippen LogP contribution in [0.2, 0.25) is 0 Å². The molecule has 0 spiro atoms. The normalized spacial score (nSPS) is 12.6. The lowest BCUT2D eigenvalue weighted by Crippen LogP contribution is -2.34. The van der Waals surface area contributed by atoms with Crippen LogP contribution in [0.25, 0.3) is 10.9 Å². The first-order chi connectivity index (χ1) is 14.9. The second-order valence-corrected chi connectivity index (χ2v) is 11.3. The highest BCUT2D eigenvalue weighted by Crippen LogP contribution is 2.26. The van der Waals surface area contributed by atoms with Crippen molar-refractivity contribution in [2.24, 2.45) is 0 Å². The highest BCUT2D eigenvalue weighted by molar-refractivity contribution is 7.89. The van der Waals surface area contributed by atoms with Crippen LogP contribution in [0.15, 0.2) is 52.2 Å². The molecule has 3 rings (SSSR count). The van der Waals surface area contributed by atoms with Crippen molar-refractivity contribution in [1.29, 1.82) is 0 Å². The average Bonchev–Trinajstić information content (AvgIpc) is 2.71.